The average molecular weight is 721 g/mol. The number of rotatable bonds is 5. The number of hydrogen-bond acceptors (Lipinski definition) is 1. The second-order valence-electron chi connectivity index (χ2n) is 16.9. The van der Waals surface area contributed by atoms with Crippen molar-refractivity contribution in [3.8, 4) is 27.9 Å². The van der Waals surface area contributed by atoms with Gasteiger partial charge >= 0.3 is 0 Å². The van der Waals surface area contributed by atoms with Crippen LogP contribution in [0.5, 0.6) is 0 Å². The highest BCUT2D eigenvalue weighted by Crippen LogP contribution is 2.53. The monoisotopic (exact) mass is 720 g/mol. The van der Waals surface area contributed by atoms with Crippen LogP contribution in [0.3, 0.4) is 0 Å². The van der Waals surface area contributed by atoms with E-state index >= 15 is 0 Å². The molecular weight excluding hydrogens is 677 g/mol. The molecule has 0 saturated carbocycles. The first-order valence-corrected chi connectivity index (χ1v) is 20.0. The third kappa shape index (κ3) is 4.75. The minimum absolute atomic E-state index is 0.0551. The molecule has 3 aliphatic carbocycles. The van der Waals surface area contributed by atoms with Gasteiger partial charge in [-0.1, -0.05) is 149 Å². The quantitative estimate of drug-likeness (QED) is 0.172. The number of allylic oxidation sites excluding steroid dienone is 2. The van der Waals surface area contributed by atoms with Crippen LogP contribution in [0.25, 0.3) is 55.3 Å². The van der Waals surface area contributed by atoms with Crippen LogP contribution < -0.4 is 4.90 Å². The summed E-state index contributed by atoms with van der Waals surface area (Å²) in [4.78, 5) is 2.60. The van der Waals surface area contributed by atoms with Crippen molar-refractivity contribution in [2.45, 2.75) is 51.0 Å². The first-order chi connectivity index (χ1) is 27.3. The van der Waals surface area contributed by atoms with Gasteiger partial charge in [0.05, 0.1) is 17.1 Å². The van der Waals surface area contributed by atoms with Crippen LogP contribution in [-0.4, -0.2) is 10.6 Å². The van der Waals surface area contributed by atoms with E-state index in [9.17, 15) is 0 Å². The molecule has 0 fully saturated rings. The Labute approximate surface area is 329 Å². The zero-order chi connectivity index (χ0) is 37.8. The molecule has 0 aliphatic heterocycles. The van der Waals surface area contributed by atoms with Crippen molar-refractivity contribution in [3.05, 3.63) is 204 Å². The van der Waals surface area contributed by atoms with E-state index in [0.29, 0.717) is 0 Å². The summed E-state index contributed by atoms with van der Waals surface area (Å²) in [5, 5.41) is 2.54. The van der Waals surface area contributed by atoms with Gasteiger partial charge in [-0.05, 0) is 117 Å². The van der Waals surface area contributed by atoms with E-state index in [2.05, 4.69) is 213 Å². The Balaban J connectivity index is 1.02. The van der Waals surface area contributed by atoms with Gasteiger partial charge in [-0.25, -0.2) is 0 Å². The van der Waals surface area contributed by atoms with Crippen LogP contribution in [-0.2, 0) is 10.8 Å². The highest BCUT2D eigenvalue weighted by Gasteiger charge is 2.41. The maximum Gasteiger partial charge on any atom is 0.0563 e. The molecule has 7 aromatic carbocycles. The van der Waals surface area contributed by atoms with Crippen molar-refractivity contribution in [1.82, 2.24) is 4.57 Å². The van der Waals surface area contributed by atoms with Gasteiger partial charge in [0.15, 0.2) is 0 Å². The first-order valence-electron chi connectivity index (χ1n) is 20.0. The van der Waals surface area contributed by atoms with Gasteiger partial charge in [0, 0.05) is 38.7 Å². The van der Waals surface area contributed by atoms with Gasteiger partial charge in [0.2, 0.25) is 0 Å². The highest BCUT2D eigenvalue weighted by molar-refractivity contribution is 6.10. The molecule has 2 heteroatoms. The standard InChI is InChI=1S/C54H44N2/c1-53(2)47-19-11-8-16-41(47)43-29-27-39(33-49(43)53)55(40-28-30-44-42-17-9-12-20-48(42)54(3,4)50(44)34-40)38-25-22-35(23-26-38)36-24-31-52-46(32-36)45-18-10-13-21-51(45)56(52)37-14-6-5-7-15-37/h5-27,29-34,40H,28H2,1-4H3. The van der Waals surface area contributed by atoms with Crippen LogP contribution in [0, 0.1) is 0 Å². The van der Waals surface area contributed by atoms with Crippen molar-refractivity contribution >= 4 is 38.8 Å². The fraction of sp³-hybridized carbons (Fsp3) is 0.148. The number of anilines is 2. The van der Waals surface area contributed by atoms with E-state index in [4.69, 9.17) is 0 Å². The predicted octanol–water partition coefficient (Wildman–Crippen LogP) is 14.0. The lowest BCUT2D eigenvalue weighted by atomic mass is 9.79. The van der Waals surface area contributed by atoms with Crippen LogP contribution in [0.4, 0.5) is 11.4 Å². The van der Waals surface area contributed by atoms with E-state index in [0.717, 1.165) is 6.42 Å². The largest absolute Gasteiger partial charge is 0.334 e. The molecule has 1 heterocycles. The minimum atomic E-state index is -0.0765. The second-order valence-corrected chi connectivity index (χ2v) is 16.9. The molecule has 1 atom stereocenters. The molecule has 0 radical (unpaired) electrons. The van der Waals surface area contributed by atoms with Crippen molar-refractivity contribution in [2.24, 2.45) is 0 Å². The summed E-state index contributed by atoms with van der Waals surface area (Å²) in [5.41, 5.74) is 19.6. The third-order valence-corrected chi connectivity index (χ3v) is 13.1. The molecule has 11 rings (SSSR count). The van der Waals surface area contributed by atoms with E-state index in [1.165, 1.54) is 94.5 Å². The number of para-hydroxylation sites is 2. The molecule has 0 spiro atoms. The van der Waals surface area contributed by atoms with Gasteiger partial charge in [-0.15, -0.1) is 0 Å². The van der Waals surface area contributed by atoms with Crippen molar-refractivity contribution in [3.63, 3.8) is 0 Å². The maximum atomic E-state index is 2.60. The number of hydrogen-bond donors (Lipinski definition) is 0. The summed E-state index contributed by atoms with van der Waals surface area (Å²) in [6.45, 7) is 9.54. The van der Waals surface area contributed by atoms with Gasteiger partial charge in [0.1, 0.15) is 0 Å². The van der Waals surface area contributed by atoms with Crippen molar-refractivity contribution in [1.29, 1.82) is 0 Å². The van der Waals surface area contributed by atoms with Gasteiger partial charge in [-0.2, -0.15) is 0 Å². The number of fused-ring (bicyclic) bond motifs is 9. The molecular formula is C54H44N2. The van der Waals surface area contributed by atoms with Gasteiger partial charge in [0.25, 0.3) is 0 Å². The lowest BCUT2D eigenvalue weighted by molar-refractivity contribution is 0.644. The smallest absolute Gasteiger partial charge is 0.0563 e. The molecule has 8 aromatic rings. The normalized spacial score (nSPS) is 17.2. The summed E-state index contributed by atoms with van der Waals surface area (Å²) in [5.74, 6) is 0. The third-order valence-electron chi connectivity index (χ3n) is 13.1. The minimum Gasteiger partial charge on any atom is -0.334 e. The summed E-state index contributed by atoms with van der Waals surface area (Å²) in [6.07, 6.45) is 6.02. The molecule has 0 amide bonds. The summed E-state index contributed by atoms with van der Waals surface area (Å²) >= 11 is 0. The van der Waals surface area contributed by atoms with E-state index in [-0.39, 0.29) is 16.9 Å². The zero-order valence-corrected chi connectivity index (χ0v) is 32.4. The number of benzene rings is 7. The first kappa shape index (κ1) is 33.0. The fourth-order valence-corrected chi connectivity index (χ4v) is 10.3. The molecule has 1 unspecified atom stereocenters. The molecule has 1 aromatic heterocycles. The maximum absolute atomic E-state index is 2.60. The van der Waals surface area contributed by atoms with Crippen LogP contribution in [0.1, 0.15) is 56.4 Å². The number of aromatic nitrogens is 1. The Morgan fingerprint density at radius 3 is 1.93 bits per heavy atom. The average Bonchev–Trinajstić information content (AvgIpc) is 3.78. The molecule has 0 N–H and O–H groups in total. The van der Waals surface area contributed by atoms with Crippen LogP contribution in [0.15, 0.2) is 182 Å². The Morgan fingerprint density at radius 1 is 0.500 bits per heavy atom. The van der Waals surface area contributed by atoms with Crippen molar-refractivity contribution < 1.29 is 0 Å². The van der Waals surface area contributed by atoms with E-state index in [1.54, 1.807) is 0 Å². The molecule has 0 saturated heterocycles. The van der Waals surface area contributed by atoms with Crippen LogP contribution >= 0.6 is 0 Å². The Morgan fingerprint density at radius 2 is 1.12 bits per heavy atom. The Hall–Kier alpha value is -6.38. The number of nitrogens with zero attached hydrogens (tertiary/aromatic N) is 2. The lowest BCUT2D eigenvalue weighted by Crippen LogP contribution is -2.32. The van der Waals surface area contributed by atoms with E-state index < -0.39 is 0 Å². The van der Waals surface area contributed by atoms with Crippen LogP contribution in [0.2, 0.25) is 0 Å². The Bertz CT molecular complexity index is 2930. The van der Waals surface area contributed by atoms with Gasteiger partial charge < -0.3 is 9.47 Å². The molecule has 56 heavy (non-hydrogen) atoms. The molecule has 0 bridgehead atoms. The molecule has 3 aliphatic rings. The second kappa shape index (κ2) is 12.1. The Kier molecular flexibility index (Phi) is 7.11. The van der Waals surface area contributed by atoms with Crippen molar-refractivity contribution in [2.75, 3.05) is 4.90 Å². The lowest BCUT2D eigenvalue weighted by Gasteiger charge is -2.36. The molecule has 2 nitrogen and oxygen atoms in total. The topological polar surface area (TPSA) is 8.17 Å². The van der Waals surface area contributed by atoms with E-state index in [1.807, 2.05) is 0 Å². The SMILES string of the molecule is CC1(C)C2=CC(N(c3ccc(-c4ccc5c(c4)c4ccccc4n5-c4ccccc4)cc3)c3ccc4c(c3)C(C)(C)c3ccccc3-4)CC=C2c2ccccc21. The zero-order valence-electron chi connectivity index (χ0n) is 32.4. The summed E-state index contributed by atoms with van der Waals surface area (Å²) < 4.78 is 2.38. The highest BCUT2D eigenvalue weighted by atomic mass is 15.2. The fourth-order valence-electron chi connectivity index (χ4n) is 10.3. The predicted molar refractivity (Wildman–Crippen MR) is 236 cm³/mol. The van der Waals surface area contributed by atoms with Gasteiger partial charge in [-0.3, -0.25) is 0 Å². The summed E-state index contributed by atoms with van der Waals surface area (Å²) in [6, 6.07) is 61.0. The summed E-state index contributed by atoms with van der Waals surface area (Å²) in [7, 11) is 0. The molecule has 270 valence electrons.